The second-order valence-electron chi connectivity index (χ2n) is 3.53. The van der Waals surface area contributed by atoms with Gasteiger partial charge in [0.2, 0.25) is 0 Å². The lowest BCUT2D eigenvalue weighted by Crippen LogP contribution is -2.05. The summed E-state index contributed by atoms with van der Waals surface area (Å²) in [6, 6.07) is 0.407. The summed E-state index contributed by atoms with van der Waals surface area (Å²) in [7, 11) is 1.64. The number of rotatable bonds is 7. The largest absolute Gasteiger partial charge is 0.460 e. The molecule has 0 aliphatic rings. The first-order chi connectivity index (χ1) is 7.27. The van der Waals surface area contributed by atoms with Crippen molar-refractivity contribution < 1.29 is 9.47 Å². The molecule has 0 fully saturated rings. The Kier molecular flexibility index (Phi) is 5.10. The fourth-order valence-electron chi connectivity index (χ4n) is 1.33. The van der Waals surface area contributed by atoms with Gasteiger partial charge in [0.05, 0.1) is 6.61 Å². The third kappa shape index (κ3) is 3.87. The molecule has 0 aromatic carbocycles. The summed E-state index contributed by atoms with van der Waals surface area (Å²) >= 11 is 0. The van der Waals surface area contributed by atoms with E-state index in [0.29, 0.717) is 25.1 Å². The van der Waals surface area contributed by atoms with E-state index in [1.165, 1.54) is 0 Å². The number of aromatic nitrogens is 3. The molecule has 0 amide bonds. The summed E-state index contributed by atoms with van der Waals surface area (Å²) in [5.74, 6) is 1.30. The van der Waals surface area contributed by atoms with Gasteiger partial charge in [-0.2, -0.15) is 4.98 Å². The standard InChI is InChI=1S/C10H19N3O2/c1-4-5-8(2)9-11-10(13-12-9)15-7-6-14-3/h8H,4-7H2,1-3H3,(H,11,12,13). The molecule has 0 radical (unpaired) electrons. The van der Waals surface area contributed by atoms with Crippen molar-refractivity contribution in [3.8, 4) is 6.01 Å². The van der Waals surface area contributed by atoms with Crippen molar-refractivity contribution in [1.82, 2.24) is 15.2 Å². The maximum Gasteiger partial charge on any atom is 0.335 e. The lowest BCUT2D eigenvalue weighted by atomic mass is 10.1. The third-order valence-corrected chi connectivity index (χ3v) is 2.19. The van der Waals surface area contributed by atoms with E-state index in [0.717, 1.165) is 18.7 Å². The molecule has 0 saturated heterocycles. The van der Waals surface area contributed by atoms with E-state index in [2.05, 4.69) is 29.0 Å². The quantitative estimate of drug-likeness (QED) is 0.701. The maximum absolute atomic E-state index is 5.28. The molecule has 1 N–H and O–H groups in total. The molecule has 1 aromatic rings. The Morgan fingerprint density at radius 1 is 1.40 bits per heavy atom. The maximum atomic E-state index is 5.28. The molecule has 1 heterocycles. The van der Waals surface area contributed by atoms with Gasteiger partial charge in [0.15, 0.2) is 0 Å². The van der Waals surface area contributed by atoms with Gasteiger partial charge in [0, 0.05) is 13.0 Å². The average molecular weight is 213 g/mol. The molecule has 1 atom stereocenters. The van der Waals surface area contributed by atoms with Crippen LogP contribution in [0.3, 0.4) is 0 Å². The summed E-state index contributed by atoms with van der Waals surface area (Å²) in [5, 5.41) is 6.87. The molecule has 1 aromatic heterocycles. The molecule has 0 aliphatic carbocycles. The SMILES string of the molecule is CCCC(C)c1nc(OCCOC)n[nH]1. The van der Waals surface area contributed by atoms with E-state index in [9.17, 15) is 0 Å². The number of hydrogen-bond donors (Lipinski definition) is 1. The lowest BCUT2D eigenvalue weighted by molar-refractivity contribution is 0.141. The molecule has 5 heteroatoms. The number of hydrogen-bond acceptors (Lipinski definition) is 4. The van der Waals surface area contributed by atoms with Crippen molar-refractivity contribution in [2.45, 2.75) is 32.6 Å². The first kappa shape index (κ1) is 12.0. The summed E-state index contributed by atoms with van der Waals surface area (Å²) < 4.78 is 10.1. The molecule has 86 valence electrons. The van der Waals surface area contributed by atoms with Crippen LogP contribution >= 0.6 is 0 Å². The summed E-state index contributed by atoms with van der Waals surface area (Å²) in [4.78, 5) is 4.26. The van der Waals surface area contributed by atoms with Gasteiger partial charge in [-0.05, 0) is 6.42 Å². The Morgan fingerprint density at radius 3 is 2.87 bits per heavy atom. The van der Waals surface area contributed by atoms with Gasteiger partial charge in [0.1, 0.15) is 12.4 Å². The molecule has 0 spiro atoms. The van der Waals surface area contributed by atoms with Crippen LogP contribution in [0.25, 0.3) is 0 Å². The van der Waals surface area contributed by atoms with Crippen LogP contribution in [-0.4, -0.2) is 35.5 Å². The number of ether oxygens (including phenoxy) is 2. The minimum absolute atomic E-state index is 0.405. The number of nitrogens with one attached hydrogen (secondary N) is 1. The fourth-order valence-corrected chi connectivity index (χ4v) is 1.33. The highest BCUT2D eigenvalue weighted by Gasteiger charge is 2.10. The van der Waals surface area contributed by atoms with Crippen molar-refractivity contribution in [3.63, 3.8) is 0 Å². The number of aromatic amines is 1. The zero-order chi connectivity index (χ0) is 11.1. The van der Waals surface area contributed by atoms with E-state index < -0.39 is 0 Å². The molecule has 0 saturated carbocycles. The number of nitrogens with zero attached hydrogens (tertiary/aromatic N) is 2. The molecule has 0 aliphatic heterocycles. The highest BCUT2D eigenvalue weighted by Crippen LogP contribution is 2.17. The lowest BCUT2D eigenvalue weighted by Gasteiger charge is -2.03. The van der Waals surface area contributed by atoms with Crippen LogP contribution in [0.1, 0.15) is 38.4 Å². The van der Waals surface area contributed by atoms with Gasteiger partial charge in [-0.3, -0.25) is 5.10 Å². The minimum Gasteiger partial charge on any atom is -0.460 e. The molecule has 1 unspecified atom stereocenters. The van der Waals surface area contributed by atoms with Crippen LogP contribution in [-0.2, 0) is 4.74 Å². The van der Waals surface area contributed by atoms with Gasteiger partial charge in [-0.15, -0.1) is 5.10 Å². The highest BCUT2D eigenvalue weighted by atomic mass is 16.5. The van der Waals surface area contributed by atoms with Gasteiger partial charge >= 0.3 is 6.01 Å². The second kappa shape index (κ2) is 6.40. The normalized spacial score (nSPS) is 12.7. The van der Waals surface area contributed by atoms with Crippen LogP contribution in [0.5, 0.6) is 6.01 Å². The van der Waals surface area contributed by atoms with Crippen molar-refractivity contribution in [2.24, 2.45) is 0 Å². The molecular formula is C10H19N3O2. The van der Waals surface area contributed by atoms with Crippen LogP contribution in [0.4, 0.5) is 0 Å². The Labute approximate surface area is 90.2 Å². The second-order valence-corrected chi connectivity index (χ2v) is 3.53. The fraction of sp³-hybridized carbons (Fsp3) is 0.800. The van der Waals surface area contributed by atoms with Crippen molar-refractivity contribution in [1.29, 1.82) is 0 Å². The Morgan fingerprint density at radius 2 is 2.20 bits per heavy atom. The first-order valence-electron chi connectivity index (χ1n) is 5.32. The van der Waals surface area contributed by atoms with E-state index in [1.807, 2.05) is 0 Å². The Bertz CT molecular complexity index is 275. The molecule has 5 nitrogen and oxygen atoms in total. The van der Waals surface area contributed by atoms with E-state index in [1.54, 1.807) is 7.11 Å². The zero-order valence-corrected chi connectivity index (χ0v) is 9.62. The predicted molar refractivity (Wildman–Crippen MR) is 57.1 cm³/mol. The Hall–Kier alpha value is -1.10. The monoisotopic (exact) mass is 213 g/mol. The molecule has 15 heavy (non-hydrogen) atoms. The Balaban J connectivity index is 2.41. The number of methoxy groups -OCH3 is 1. The van der Waals surface area contributed by atoms with Gasteiger partial charge in [-0.1, -0.05) is 20.3 Å². The van der Waals surface area contributed by atoms with Crippen molar-refractivity contribution in [3.05, 3.63) is 5.82 Å². The van der Waals surface area contributed by atoms with Crippen molar-refractivity contribution >= 4 is 0 Å². The van der Waals surface area contributed by atoms with Gasteiger partial charge < -0.3 is 9.47 Å². The van der Waals surface area contributed by atoms with Gasteiger partial charge in [-0.25, -0.2) is 0 Å². The topological polar surface area (TPSA) is 60.0 Å². The summed E-state index contributed by atoms with van der Waals surface area (Å²) in [6.45, 7) is 5.32. The third-order valence-electron chi connectivity index (χ3n) is 2.19. The first-order valence-corrected chi connectivity index (χ1v) is 5.32. The van der Waals surface area contributed by atoms with E-state index >= 15 is 0 Å². The predicted octanol–water partition coefficient (Wildman–Crippen LogP) is 1.73. The number of H-pyrrole nitrogens is 1. The zero-order valence-electron chi connectivity index (χ0n) is 9.62. The highest BCUT2D eigenvalue weighted by molar-refractivity contribution is 4.99. The van der Waals surface area contributed by atoms with Crippen LogP contribution in [0, 0.1) is 0 Å². The molecular weight excluding hydrogens is 194 g/mol. The van der Waals surface area contributed by atoms with Crippen LogP contribution in [0.2, 0.25) is 0 Å². The van der Waals surface area contributed by atoms with Gasteiger partial charge in [0.25, 0.3) is 0 Å². The summed E-state index contributed by atoms with van der Waals surface area (Å²) in [5.41, 5.74) is 0. The average Bonchev–Trinajstić information content (AvgIpc) is 2.67. The molecule has 1 rings (SSSR count). The van der Waals surface area contributed by atoms with Crippen LogP contribution < -0.4 is 4.74 Å². The van der Waals surface area contributed by atoms with E-state index in [-0.39, 0.29) is 0 Å². The van der Waals surface area contributed by atoms with Crippen LogP contribution in [0.15, 0.2) is 0 Å². The van der Waals surface area contributed by atoms with Crippen molar-refractivity contribution in [2.75, 3.05) is 20.3 Å². The van der Waals surface area contributed by atoms with E-state index in [4.69, 9.17) is 9.47 Å². The minimum atomic E-state index is 0.405. The smallest absolute Gasteiger partial charge is 0.335 e. The molecule has 0 bridgehead atoms. The summed E-state index contributed by atoms with van der Waals surface area (Å²) in [6.07, 6.45) is 2.24.